The third-order valence-corrected chi connectivity index (χ3v) is 7.25. The van der Waals surface area contributed by atoms with E-state index in [1.165, 1.54) is 17.7 Å². The van der Waals surface area contributed by atoms with Gasteiger partial charge in [-0.05, 0) is 61.3 Å². The van der Waals surface area contributed by atoms with Crippen LogP contribution in [0.25, 0.3) is 50.2 Å². The van der Waals surface area contributed by atoms with E-state index >= 15 is 0 Å². The molecule has 0 atom stereocenters. The molecule has 0 bridgehead atoms. The summed E-state index contributed by atoms with van der Waals surface area (Å²) in [6.45, 7) is 6.26. The molecule has 7 rings (SSSR count). The van der Waals surface area contributed by atoms with E-state index in [-0.39, 0.29) is 25.9 Å². The number of hydrogen-bond donors (Lipinski definition) is 0. The van der Waals surface area contributed by atoms with Crippen LogP contribution in [0.4, 0.5) is 10.1 Å². The Kier molecular flexibility index (Phi) is 8.67. The van der Waals surface area contributed by atoms with E-state index in [1.54, 1.807) is 0 Å². The number of aromatic nitrogens is 4. The zero-order valence-corrected chi connectivity index (χ0v) is 27.0. The van der Waals surface area contributed by atoms with Crippen molar-refractivity contribution in [2.45, 2.75) is 20.8 Å². The van der Waals surface area contributed by atoms with Gasteiger partial charge in [0.15, 0.2) is 0 Å². The quantitative estimate of drug-likeness (QED) is 0.172. The minimum absolute atomic E-state index is 0. The van der Waals surface area contributed by atoms with E-state index in [9.17, 15) is 4.39 Å². The Morgan fingerprint density at radius 1 is 0.814 bits per heavy atom. The van der Waals surface area contributed by atoms with Crippen LogP contribution in [0.3, 0.4) is 0 Å². The summed E-state index contributed by atoms with van der Waals surface area (Å²) in [6, 6.07) is 33.2. The van der Waals surface area contributed by atoms with Crippen LogP contribution in [-0.4, -0.2) is 33.4 Å². The largest absolute Gasteiger partial charge is 0.378 e. The summed E-state index contributed by atoms with van der Waals surface area (Å²) < 4.78 is 16.0. The van der Waals surface area contributed by atoms with Gasteiger partial charge in [0, 0.05) is 57.5 Å². The SMILES string of the molecule is CN(C)c1ccnc(-c2[c-]cccc2)c1.Cc1cc(C)c(-c2nc3cc(F)c[c-]c3c3nc4ccccc4n23)c(C)c1.[Ir]. The summed E-state index contributed by atoms with van der Waals surface area (Å²) >= 11 is 0. The molecule has 0 aliphatic rings. The third kappa shape index (κ3) is 5.92. The van der Waals surface area contributed by atoms with Crippen molar-refractivity contribution in [2.75, 3.05) is 19.0 Å². The van der Waals surface area contributed by atoms with Gasteiger partial charge in [0.05, 0.1) is 16.7 Å². The molecular formula is C36H30FIrN5-2. The molecule has 0 unspecified atom stereocenters. The monoisotopic (exact) mass is 744 g/mol. The number of pyridine rings is 1. The van der Waals surface area contributed by atoms with Crippen molar-refractivity contribution in [2.24, 2.45) is 0 Å². The van der Waals surface area contributed by atoms with Crippen LogP contribution >= 0.6 is 0 Å². The number of halogens is 1. The molecule has 43 heavy (non-hydrogen) atoms. The van der Waals surface area contributed by atoms with Crippen LogP contribution in [0, 0.1) is 38.7 Å². The summed E-state index contributed by atoms with van der Waals surface area (Å²) in [5, 5.41) is 0.721. The van der Waals surface area contributed by atoms with E-state index in [0.717, 1.165) is 61.5 Å². The molecule has 0 spiro atoms. The first-order valence-corrected chi connectivity index (χ1v) is 13.8. The van der Waals surface area contributed by atoms with Crippen molar-refractivity contribution in [1.82, 2.24) is 19.4 Å². The molecule has 5 nitrogen and oxygen atoms in total. The first-order valence-electron chi connectivity index (χ1n) is 13.8. The molecule has 0 fully saturated rings. The van der Waals surface area contributed by atoms with Crippen molar-refractivity contribution in [3.05, 3.63) is 126 Å². The van der Waals surface area contributed by atoms with E-state index in [2.05, 4.69) is 65.4 Å². The van der Waals surface area contributed by atoms with E-state index in [4.69, 9.17) is 9.97 Å². The standard InChI is InChI=1S/C23H17FN3.C13H13N2.Ir/c1-13-10-14(2)21(15(3)11-13)23-26-19-12-16(24)8-9-17(19)22-25-18-6-4-5-7-20(18)27(22)23;1-15(2)12-8-9-14-13(10-12)11-6-4-3-5-7-11;/h4-8,10-12H,1-3H3;3-6,8-10H,1-2H3;/q2*-1;. The van der Waals surface area contributed by atoms with Crippen LogP contribution in [-0.2, 0) is 20.1 Å². The molecule has 0 aliphatic carbocycles. The third-order valence-electron chi connectivity index (χ3n) is 7.25. The Hall–Kier alpha value is -4.45. The van der Waals surface area contributed by atoms with Crippen LogP contribution < -0.4 is 4.90 Å². The summed E-state index contributed by atoms with van der Waals surface area (Å²) in [5.41, 5.74) is 10.9. The van der Waals surface area contributed by atoms with E-state index in [0.29, 0.717) is 5.52 Å². The normalized spacial score (nSPS) is 10.8. The number of benzene rings is 4. The van der Waals surface area contributed by atoms with Crippen molar-refractivity contribution >= 4 is 33.3 Å². The number of rotatable bonds is 3. The topological polar surface area (TPSA) is 46.3 Å². The molecule has 0 amide bonds. The predicted molar refractivity (Wildman–Crippen MR) is 169 cm³/mol. The van der Waals surface area contributed by atoms with Gasteiger partial charge in [-0.1, -0.05) is 47.3 Å². The maximum absolute atomic E-state index is 13.9. The first-order chi connectivity index (χ1) is 20.3. The van der Waals surface area contributed by atoms with Crippen molar-refractivity contribution in [3.63, 3.8) is 0 Å². The molecular weight excluding hydrogens is 714 g/mol. The number of para-hydroxylation sites is 2. The average Bonchev–Trinajstić information content (AvgIpc) is 3.37. The molecule has 0 saturated heterocycles. The summed E-state index contributed by atoms with van der Waals surface area (Å²) in [6.07, 6.45) is 1.82. The van der Waals surface area contributed by atoms with Gasteiger partial charge in [0.25, 0.3) is 0 Å². The average molecular weight is 744 g/mol. The second kappa shape index (κ2) is 12.4. The van der Waals surface area contributed by atoms with Gasteiger partial charge in [-0.3, -0.25) is 14.4 Å². The van der Waals surface area contributed by atoms with Gasteiger partial charge < -0.3 is 14.3 Å². The molecule has 4 aromatic carbocycles. The number of hydrogen-bond acceptors (Lipinski definition) is 4. The fourth-order valence-corrected chi connectivity index (χ4v) is 5.40. The number of nitrogens with zero attached hydrogens (tertiary/aromatic N) is 5. The Morgan fingerprint density at radius 2 is 1.56 bits per heavy atom. The van der Waals surface area contributed by atoms with Gasteiger partial charge in [0.1, 0.15) is 5.82 Å². The van der Waals surface area contributed by atoms with Crippen molar-refractivity contribution in [3.8, 4) is 22.6 Å². The van der Waals surface area contributed by atoms with E-state index in [1.807, 2.05) is 74.9 Å². The number of anilines is 1. The van der Waals surface area contributed by atoms with Crippen LogP contribution in [0.2, 0.25) is 0 Å². The van der Waals surface area contributed by atoms with Crippen LogP contribution in [0.5, 0.6) is 0 Å². The molecule has 1 radical (unpaired) electrons. The van der Waals surface area contributed by atoms with Crippen molar-refractivity contribution < 1.29 is 24.5 Å². The maximum atomic E-state index is 13.9. The Balaban J connectivity index is 0.000000197. The minimum Gasteiger partial charge on any atom is -0.378 e. The van der Waals surface area contributed by atoms with Gasteiger partial charge in [0.2, 0.25) is 0 Å². The number of aryl methyl sites for hydroxylation is 3. The summed E-state index contributed by atoms with van der Waals surface area (Å²) in [7, 11) is 4.04. The fraction of sp³-hybridized carbons (Fsp3) is 0.139. The Labute approximate surface area is 264 Å². The molecule has 217 valence electrons. The summed E-state index contributed by atoms with van der Waals surface area (Å²) in [5.74, 6) is 0.430. The molecule has 0 saturated carbocycles. The number of imidazole rings is 1. The first kappa shape index (κ1) is 30.0. The van der Waals surface area contributed by atoms with E-state index < -0.39 is 0 Å². The van der Waals surface area contributed by atoms with Crippen LogP contribution in [0.1, 0.15) is 16.7 Å². The number of fused-ring (bicyclic) bond motifs is 5. The molecule has 0 N–H and O–H groups in total. The second-order valence-electron chi connectivity index (χ2n) is 10.6. The van der Waals surface area contributed by atoms with Gasteiger partial charge in [-0.25, -0.2) is 0 Å². The maximum Gasteiger partial charge on any atom is 0.128 e. The molecule has 3 aromatic heterocycles. The molecule has 7 heteroatoms. The smallest absolute Gasteiger partial charge is 0.128 e. The van der Waals surface area contributed by atoms with Crippen LogP contribution in [0.15, 0.2) is 91.1 Å². The molecule has 0 aliphatic heterocycles. The zero-order chi connectivity index (χ0) is 29.4. The zero-order valence-electron chi connectivity index (χ0n) is 24.6. The van der Waals surface area contributed by atoms with Gasteiger partial charge in [-0.2, -0.15) is 0 Å². The van der Waals surface area contributed by atoms with Gasteiger partial charge >= 0.3 is 0 Å². The minimum atomic E-state index is -0.348. The Morgan fingerprint density at radius 3 is 2.28 bits per heavy atom. The summed E-state index contributed by atoms with van der Waals surface area (Å²) in [4.78, 5) is 16.1. The molecule has 3 heterocycles. The predicted octanol–water partition coefficient (Wildman–Crippen LogP) is 8.18. The fourth-order valence-electron chi connectivity index (χ4n) is 5.40. The van der Waals surface area contributed by atoms with Gasteiger partial charge in [-0.15, -0.1) is 48.0 Å². The molecule has 7 aromatic rings. The Bertz CT molecular complexity index is 2050. The second-order valence-corrected chi connectivity index (χ2v) is 10.6. The van der Waals surface area contributed by atoms with Crippen molar-refractivity contribution in [1.29, 1.82) is 0 Å².